The first-order valence-electron chi connectivity index (χ1n) is 10.4. The van der Waals surface area contributed by atoms with Crippen LogP contribution in [0.15, 0.2) is 60.7 Å². The van der Waals surface area contributed by atoms with Crippen LogP contribution in [0.4, 0.5) is 0 Å². The van der Waals surface area contributed by atoms with Crippen molar-refractivity contribution in [3.05, 3.63) is 71.8 Å². The van der Waals surface area contributed by atoms with Gasteiger partial charge in [-0.05, 0) is 50.5 Å². The number of hydrogen-bond donors (Lipinski definition) is 0. The molecule has 2 atom stereocenters. The third kappa shape index (κ3) is 6.18. The second kappa shape index (κ2) is 10.2. The maximum atomic E-state index is 12.8. The summed E-state index contributed by atoms with van der Waals surface area (Å²) in [4.78, 5) is 25.4. The zero-order chi connectivity index (χ0) is 21.3. The van der Waals surface area contributed by atoms with Crippen molar-refractivity contribution in [2.75, 3.05) is 0 Å². The molecule has 2 aromatic carbocycles. The molecule has 0 spiro atoms. The molecule has 0 aliphatic heterocycles. The summed E-state index contributed by atoms with van der Waals surface area (Å²) in [6.45, 7) is 8.00. The highest BCUT2D eigenvalue weighted by Crippen LogP contribution is 2.36. The third-order valence-electron chi connectivity index (χ3n) is 5.46. The van der Waals surface area contributed by atoms with Crippen LogP contribution in [0, 0.1) is 0 Å². The van der Waals surface area contributed by atoms with Gasteiger partial charge in [0.1, 0.15) is 11.2 Å². The van der Waals surface area contributed by atoms with Gasteiger partial charge < -0.3 is 9.47 Å². The quantitative estimate of drug-likeness (QED) is 0.448. The third-order valence-corrected chi connectivity index (χ3v) is 5.46. The van der Waals surface area contributed by atoms with E-state index in [-0.39, 0.29) is 11.9 Å². The lowest BCUT2D eigenvalue weighted by Gasteiger charge is -2.40. The molecule has 0 fully saturated rings. The van der Waals surface area contributed by atoms with E-state index in [4.69, 9.17) is 9.47 Å². The van der Waals surface area contributed by atoms with Crippen molar-refractivity contribution in [2.45, 2.75) is 71.0 Å². The highest BCUT2D eigenvalue weighted by atomic mass is 16.6. The van der Waals surface area contributed by atoms with Crippen molar-refractivity contribution < 1.29 is 19.1 Å². The van der Waals surface area contributed by atoms with Crippen molar-refractivity contribution in [2.24, 2.45) is 0 Å². The highest BCUT2D eigenvalue weighted by molar-refractivity contribution is 5.90. The second-order valence-electron chi connectivity index (χ2n) is 7.78. The number of carbonyl (C=O) groups is 2. The Balaban J connectivity index is 2.23. The van der Waals surface area contributed by atoms with Crippen LogP contribution in [-0.2, 0) is 9.47 Å². The van der Waals surface area contributed by atoms with Gasteiger partial charge in [0.25, 0.3) is 0 Å². The first-order chi connectivity index (χ1) is 13.9. The molecular weight excluding hydrogens is 364 g/mol. The van der Waals surface area contributed by atoms with Gasteiger partial charge in [-0.3, -0.25) is 0 Å². The molecule has 0 radical (unpaired) electrons. The number of ether oxygens (including phenoxy) is 2. The Labute approximate surface area is 174 Å². The van der Waals surface area contributed by atoms with Gasteiger partial charge in [-0.15, -0.1) is 0 Å². The summed E-state index contributed by atoms with van der Waals surface area (Å²) in [5.74, 6) is -0.695. The van der Waals surface area contributed by atoms with Crippen molar-refractivity contribution in [1.29, 1.82) is 0 Å². The normalized spacial score (nSPS) is 15.0. The molecule has 0 N–H and O–H groups in total. The van der Waals surface area contributed by atoms with Crippen LogP contribution in [-0.4, -0.2) is 23.1 Å². The summed E-state index contributed by atoms with van der Waals surface area (Å²) < 4.78 is 12.0. The molecule has 0 saturated carbocycles. The molecule has 29 heavy (non-hydrogen) atoms. The lowest BCUT2D eigenvalue weighted by molar-refractivity contribution is -0.0862. The maximum absolute atomic E-state index is 12.8. The first kappa shape index (κ1) is 22.7. The van der Waals surface area contributed by atoms with Crippen LogP contribution in [0.1, 0.15) is 80.5 Å². The van der Waals surface area contributed by atoms with Crippen LogP contribution in [0.25, 0.3) is 0 Å². The molecule has 0 saturated heterocycles. The SMILES string of the molecule is CCCC(CC)(CC(C)(CC)OC(=O)c1ccccc1)OC(=O)c1ccccc1. The van der Waals surface area contributed by atoms with Crippen LogP contribution in [0.3, 0.4) is 0 Å². The van der Waals surface area contributed by atoms with Gasteiger partial charge >= 0.3 is 11.9 Å². The largest absolute Gasteiger partial charge is 0.456 e. The van der Waals surface area contributed by atoms with Gasteiger partial charge in [-0.1, -0.05) is 63.6 Å². The van der Waals surface area contributed by atoms with Crippen molar-refractivity contribution in [3.63, 3.8) is 0 Å². The minimum absolute atomic E-state index is 0.339. The molecule has 4 nitrogen and oxygen atoms in total. The lowest BCUT2D eigenvalue weighted by atomic mass is 9.81. The summed E-state index contributed by atoms with van der Waals surface area (Å²) in [5.41, 5.74) is -0.384. The topological polar surface area (TPSA) is 52.6 Å². The molecule has 4 heteroatoms. The Morgan fingerprint density at radius 3 is 1.66 bits per heavy atom. The summed E-state index contributed by atoms with van der Waals surface area (Å²) >= 11 is 0. The zero-order valence-corrected chi connectivity index (χ0v) is 17.9. The smallest absolute Gasteiger partial charge is 0.338 e. The van der Waals surface area contributed by atoms with Gasteiger partial charge in [-0.2, -0.15) is 0 Å². The van der Waals surface area contributed by atoms with E-state index in [1.54, 1.807) is 24.3 Å². The van der Waals surface area contributed by atoms with E-state index in [0.717, 1.165) is 6.42 Å². The molecular formula is C25H32O4. The number of esters is 2. The van der Waals surface area contributed by atoms with Gasteiger partial charge in [-0.25, -0.2) is 9.59 Å². The van der Waals surface area contributed by atoms with E-state index in [9.17, 15) is 9.59 Å². The molecule has 156 valence electrons. The van der Waals surface area contributed by atoms with Crippen LogP contribution >= 0.6 is 0 Å². The van der Waals surface area contributed by atoms with Crippen molar-refractivity contribution in [1.82, 2.24) is 0 Å². The molecule has 2 aromatic rings. The van der Waals surface area contributed by atoms with E-state index < -0.39 is 11.2 Å². The average Bonchev–Trinajstić information content (AvgIpc) is 2.75. The lowest BCUT2D eigenvalue weighted by Crippen LogP contribution is -2.45. The number of rotatable bonds is 10. The standard InChI is InChI=1S/C25H32O4/c1-5-18-25(7-3,29-23(27)21-16-12-9-13-17-21)19-24(4,6-2)28-22(26)20-14-10-8-11-15-20/h8-17H,5-7,18-19H2,1-4H3. The predicted molar refractivity (Wildman–Crippen MR) is 115 cm³/mol. The molecule has 0 bridgehead atoms. The molecule has 2 unspecified atom stereocenters. The molecule has 2 rings (SSSR count). The minimum atomic E-state index is -0.741. The maximum Gasteiger partial charge on any atom is 0.338 e. The molecule has 0 aromatic heterocycles. The molecule has 0 heterocycles. The van der Waals surface area contributed by atoms with E-state index in [0.29, 0.717) is 36.8 Å². The van der Waals surface area contributed by atoms with Crippen molar-refractivity contribution >= 4 is 11.9 Å². The summed E-state index contributed by atoms with van der Waals surface area (Å²) in [6, 6.07) is 18.0. The molecule has 0 aliphatic carbocycles. The number of hydrogen-bond acceptors (Lipinski definition) is 4. The Morgan fingerprint density at radius 2 is 1.24 bits per heavy atom. The fourth-order valence-corrected chi connectivity index (χ4v) is 3.61. The highest BCUT2D eigenvalue weighted by Gasteiger charge is 2.41. The second-order valence-corrected chi connectivity index (χ2v) is 7.78. The Morgan fingerprint density at radius 1 is 0.759 bits per heavy atom. The monoisotopic (exact) mass is 396 g/mol. The minimum Gasteiger partial charge on any atom is -0.456 e. The molecule has 0 aliphatic rings. The number of benzene rings is 2. The predicted octanol–water partition coefficient (Wildman–Crippen LogP) is 6.21. The van der Waals surface area contributed by atoms with E-state index in [2.05, 4.69) is 6.92 Å². The summed E-state index contributed by atoms with van der Waals surface area (Å²) in [6.07, 6.45) is 3.30. The summed E-state index contributed by atoms with van der Waals surface area (Å²) in [7, 11) is 0. The van der Waals surface area contributed by atoms with Crippen LogP contribution in [0.2, 0.25) is 0 Å². The van der Waals surface area contributed by atoms with Gasteiger partial charge in [0.15, 0.2) is 0 Å². The van der Waals surface area contributed by atoms with E-state index in [1.165, 1.54) is 0 Å². The first-order valence-corrected chi connectivity index (χ1v) is 10.4. The summed E-state index contributed by atoms with van der Waals surface area (Å²) in [5, 5.41) is 0. The van der Waals surface area contributed by atoms with E-state index >= 15 is 0 Å². The number of carbonyl (C=O) groups excluding carboxylic acids is 2. The van der Waals surface area contributed by atoms with Gasteiger partial charge in [0, 0.05) is 6.42 Å². The Kier molecular flexibility index (Phi) is 8.00. The fraction of sp³-hybridized carbons (Fsp3) is 0.440. The average molecular weight is 397 g/mol. The fourth-order valence-electron chi connectivity index (χ4n) is 3.61. The van der Waals surface area contributed by atoms with Crippen LogP contribution < -0.4 is 0 Å². The van der Waals surface area contributed by atoms with Crippen LogP contribution in [0.5, 0.6) is 0 Å². The molecule has 0 amide bonds. The zero-order valence-electron chi connectivity index (χ0n) is 17.9. The van der Waals surface area contributed by atoms with E-state index in [1.807, 2.05) is 57.2 Å². The van der Waals surface area contributed by atoms with Gasteiger partial charge in [0.05, 0.1) is 11.1 Å². The Hall–Kier alpha value is -2.62. The van der Waals surface area contributed by atoms with Gasteiger partial charge in [0.2, 0.25) is 0 Å². The Bertz CT molecular complexity index is 787. The van der Waals surface area contributed by atoms with Crippen molar-refractivity contribution in [3.8, 4) is 0 Å².